The molecule has 0 saturated carbocycles. The predicted molar refractivity (Wildman–Crippen MR) is 149 cm³/mol. The van der Waals surface area contributed by atoms with Crippen LogP contribution in [0.15, 0.2) is 78.9 Å². The molecule has 0 radical (unpaired) electrons. The summed E-state index contributed by atoms with van der Waals surface area (Å²) in [6.07, 6.45) is 0.0612. The number of amides is 2. The summed E-state index contributed by atoms with van der Waals surface area (Å²) in [4.78, 5) is 30.2. The second-order valence-electron chi connectivity index (χ2n) is 10.2. The van der Waals surface area contributed by atoms with Gasteiger partial charge in [-0.05, 0) is 43.3 Å². The van der Waals surface area contributed by atoms with Crippen LogP contribution < -0.4 is 10.1 Å². The molecule has 1 aliphatic heterocycles. The van der Waals surface area contributed by atoms with Crippen molar-refractivity contribution in [1.82, 2.24) is 9.80 Å². The van der Waals surface area contributed by atoms with Gasteiger partial charge < -0.3 is 20.1 Å². The van der Waals surface area contributed by atoms with Crippen LogP contribution in [0.3, 0.4) is 0 Å². The van der Waals surface area contributed by atoms with E-state index in [2.05, 4.69) is 36.3 Å². The van der Waals surface area contributed by atoms with E-state index in [1.165, 1.54) is 5.56 Å². The third-order valence-corrected chi connectivity index (χ3v) is 6.94. The number of fused-ring (bicyclic) bond motifs is 1. The summed E-state index contributed by atoms with van der Waals surface area (Å²) in [5.74, 6) is 0.133. The molecule has 0 saturated heterocycles. The highest BCUT2D eigenvalue weighted by Gasteiger charge is 2.33. The molecule has 1 aliphatic rings. The van der Waals surface area contributed by atoms with Gasteiger partial charge in [0.05, 0.1) is 24.6 Å². The van der Waals surface area contributed by atoms with E-state index in [9.17, 15) is 14.7 Å². The highest BCUT2D eigenvalue weighted by molar-refractivity contribution is 6.00. The summed E-state index contributed by atoms with van der Waals surface area (Å²) in [6.45, 7) is 5.68. The Morgan fingerprint density at radius 2 is 1.74 bits per heavy atom. The van der Waals surface area contributed by atoms with Crippen molar-refractivity contribution in [2.75, 3.05) is 32.1 Å². The lowest BCUT2D eigenvalue weighted by atomic mass is 9.99. The van der Waals surface area contributed by atoms with Gasteiger partial charge in [0.1, 0.15) is 11.9 Å². The lowest BCUT2D eigenvalue weighted by Gasteiger charge is -2.38. The third kappa shape index (κ3) is 7.00. The van der Waals surface area contributed by atoms with Gasteiger partial charge in [-0.15, -0.1) is 0 Å². The normalized spacial score (nSPS) is 18.2. The van der Waals surface area contributed by atoms with Gasteiger partial charge in [0.15, 0.2) is 0 Å². The minimum absolute atomic E-state index is 0.0320. The Morgan fingerprint density at radius 3 is 2.39 bits per heavy atom. The van der Waals surface area contributed by atoms with E-state index in [1.54, 1.807) is 23.1 Å². The first-order valence-corrected chi connectivity index (χ1v) is 13.1. The molecule has 38 heavy (non-hydrogen) atoms. The molecule has 0 bridgehead atoms. The largest absolute Gasteiger partial charge is 0.488 e. The zero-order chi connectivity index (χ0) is 27.1. The Hall–Kier alpha value is -3.68. The van der Waals surface area contributed by atoms with Gasteiger partial charge in [-0.25, -0.2) is 0 Å². The van der Waals surface area contributed by atoms with Crippen LogP contribution in [0.4, 0.5) is 5.69 Å². The number of hydrogen-bond donors (Lipinski definition) is 2. The van der Waals surface area contributed by atoms with E-state index < -0.39 is 0 Å². The van der Waals surface area contributed by atoms with Crippen LogP contribution in [-0.4, -0.2) is 65.6 Å². The number of rotatable bonds is 9. The topological polar surface area (TPSA) is 82.1 Å². The second kappa shape index (κ2) is 12.7. The average molecular weight is 516 g/mol. The molecule has 3 aromatic carbocycles. The third-order valence-electron chi connectivity index (χ3n) is 6.94. The van der Waals surface area contributed by atoms with Crippen molar-refractivity contribution in [3.8, 4) is 5.75 Å². The number of aliphatic hydroxyl groups is 1. The maximum absolute atomic E-state index is 13.6. The Bertz CT molecular complexity index is 1220. The number of anilines is 1. The van der Waals surface area contributed by atoms with Crippen LogP contribution in [0.1, 0.15) is 35.3 Å². The van der Waals surface area contributed by atoms with E-state index in [1.807, 2.05) is 55.5 Å². The molecular weight excluding hydrogens is 478 g/mol. The number of likely N-dealkylation sites (N-methyl/N-ethyl adjacent to an activating group) is 1. The molecule has 0 fully saturated rings. The Labute approximate surface area is 225 Å². The lowest BCUT2D eigenvalue weighted by molar-refractivity contribution is -0.115. The quantitative estimate of drug-likeness (QED) is 0.446. The molecule has 3 atom stereocenters. The van der Waals surface area contributed by atoms with E-state index in [-0.39, 0.29) is 42.9 Å². The molecule has 2 amide bonds. The van der Waals surface area contributed by atoms with Crippen LogP contribution in [0, 0.1) is 5.92 Å². The zero-order valence-electron chi connectivity index (χ0n) is 22.3. The number of ether oxygens (including phenoxy) is 1. The number of carbonyl (C=O) groups is 2. The van der Waals surface area contributed by atoms with Crippen LogP contribution in [0.5, 0.6) is 5.75 Å². The fourth-order valence-electron chi connectivity index (χ4n) is 4.77. The van der Waals surface area contributed by atoms with Gasteiger partial charge in [0, 0.05) is 31.2 Å². The fraction of sp³-hybridized carbons (Fsp3) is 0.355. The van der Waals surface area contributed by atoms with Crippen molar-refractivity contribution >= 4 is 17.5 Å². The highest BCUT2D eigenvalue weighted by atomic mass is 16.5. The smallest absolute Gasteiger partial charge is 0.258 e. The Balaban J connectivity index is 1.56. The molecular formula is C31H37N3O4. The monoisotopic (exact) mass is 515 g/mol. The van der Waals surface area contributed by atoms with Crippen LogP contribution in [0.2, 0.25) is 0 Å². The van der Waals surface area contributed by atoms with E-state index in [4.69, 9.17) is 4.74 Å². The molecule has 200 valence electrons. The van der Waals surface area contributed by atoms with Crippen molar-refractivity contribution < 1.29 is 19.4 Å². The van der Waals surface area contributed by atoms with E-state index in [0.717, 1.165) is 12.1 Å². The maximum Gasteiger partial charge on any atom is 0.258 e. The molecule has 1 heterocycles. The molecule has 0 aliphatic carbocycles. The molecule has 7 nitrogen and oxygen atoms in total. The second-order valence-corrected chi connectivity index (χ2v) is 10.2. The van der Waals surface area contributed by atoms with Gasteiger partial charge in [-0.1, -0.05) is 67.6 Å². The van der Waals surface area contributed by atoms with E-state index in [0.29, 0.717) is 30.1 Å². The minimum atomic E-state index is -0.352. The molecule has 2 N–H and O–H groups in total. The number of aliphatic hydroxyl groups excluding tert-OH is 1. The van der Waals surface area contributed by atoms with Crippen LogP contribution in [0.25, 0.3) is 0 Å². The van der Waals surface area contributed by atoms with Gasteiger partial charge in [0.25, 0.3) is 5.91 Å². The number of benzene rings is 3. The fourth-order valence-corrected chi connectivity index (χ4v) is 4.77. The predicted octanol–water partition coefficient (Wildman–Crippen LogP) is 4.22. The minimum Gasteiger partial charge on any atom is -0.488 e. The number of hydrogen-bond acceptors (Lipinski definition) is 5. The molecule has 3 aromatic rings. The van der Waals surface area contributed by atoms with Crippen molar-refractivity contribution in [1.29, 1.82) is 0 Å². The summed E-state index contributed by atoms with van der Waals surface area (Å²) in [5, 5.41) is 12.8. The molecule has 7 heteroatoms. The summed E-state index contributed by atoms with van der Waals surface area (Å²) in [7, 11) is 2.06. The molecule has 0 unspecified atom stereocenters. The van der Waals surface area contributed by atoms with Crippen molar-refractivity contribution in [3.63, 3.8) is 0 Å². The molecule has 4 rings (SSSR count). The van der Waals surface area contributed by atoms with E-state index >= 15 is 0 Å². The van der Waals surface area contributed by atoms with Gasteiger partial charge >= 0.3 is 0 Å². The summed E-state index contributed by atoms with van der Waals surface area (Å²) >= 11 is 0. The first-order valence-electron chi connectivity index (χ1n) is 13.1. The van der Waals surface area contributed by atoms with Gasteiger partial charge in [0.2, 0.25) is 5.91 Å². The van der Waals surface area contributed by atoms with Crippen molar-refractivity contribution in [3.05, 3.63) is 95.6 Å². The molecule has 0 spiro atoms. The highest BCUT2D eigenvalue weighted by Crippen LogP contribution is 2.31. The van der Waals surface area contributed by atoms with Crippen LogP contribution in [-0.2, 0) is 17.8 Å². The maximum atomic E-state index is 13.6. The van der Waals surface area contributed by atoms with Gasteiger partial charge in [-0.3, -0.25) is 14.5 Å². The number of nitrogens with zero attached hydrogens (tertiary/aromatic N) is 2. The Kier molecular flexibility index (Phi) is 9.15. The number of carbonyl (C=O) groups excluding carboxylic acids is 2. The van der Waals surface area contributed by atoms with Crippen LogP contribution >= 0.6 is 0 Å². The standard InChI is InChI=1S/C31H37N3O4/c1-22-18-34(23(2)21-35)31(37)27-17-26(32-30(36)16-24-10-6-4-7-11-24)14-15-28(27)38-29(22)20-33(3)19-25-12-8-5-9-13-25/h4-15,17,22-23,29,35H,16,18-21H2,1-3H3,(H,32,36)/t22-,23+,29+/m0/s1. The summed E-state index contributed by atoms with van der Waals surface area (Å²) in [5.41, 5.74) is 3.04. The van der Waals surface area contributed by atoms with Gasteiger partial charge in [-0.2, -0.15) is 0 Å². The lowest BCUT2D eigenvalue weighted by Crippen LogP contribution is -2.49. The first kappa shape index (κ1) is 27.4. The zero-order valence-corrected chi connectivity index (χ0v) is 22.3. The first-order chi connectivity index (χ1) is 18.3. The van der Waals surface area contributed by atoms with Crippen molar-refractivity contribution in [2.24, 2.45) is 5.92 Å². The SMILES string of the molecule is C[C@H](CO)N1C[C@H](C)[C@@H](CN(C)Cc2ccccc2)Oc2ccc(NC(=O)Cc3ccccc3)cc2C1=O. The Morgan fingerprint density at radius 1 is 1.08 bits per heavy atom. The molecule has 0 aromatic heterocycles. The van der Waals surface area contributed by atoms with Crippen molar-refractivity contribution in [2.45, 2.75) is 39.0 Å². The number of nitrogens with one attached hydrogen (secondary N) is 1. The summed E-state index contributed by atoms with van der Waals surface area (Å²) < 4.78 is 6.48. The average Bonchev–Trinajstić information content (AvgIpc) is 2.91. The summed E-state index contributed by atoms with van der Waals surface area (Å²) in [6, 6.07) is 24.6.